The number of nitrogens with zero attached hydrogens (tertiary/aromatic N) is 6. The summed E-state index contributed by atoms with van der Waals surface area (Å²) in [5, 5.41) is 16.4. The van der Waals surface area contributed by atoms with E-state index in [-0.39, 0.29) is 5.75 Å². The molecule has 196 valence electrons. The molecular formula is C29H33N7O2. The Balaban J connectivity index is 1.21. The molecule has 0 amide bonds. The average Bonchev–Trinajstić information content (AvgIpc) is 3.50. The third kappa shape index (κ3) is 4.30. The average molecular weight is 512 g/mol. The van der Waals surface area contributed by atoms with Crippen LogP contribution in [-0.4, -0.2) is 63.0 Å². The fraction of sp³-hybridized carbons (Fsp3) is 0.414. The van der Waals surface area contributed by atoms with Crippen molar-refractivity contribution < 1.29 is 9.84 Å². The van der Waals surface area contributed by atoms with Gasteiger partial charge >= 0.3 is 6.01 Å². The van der Waals surface area contributed by atoms with Gasteiger partial charge in [0, 0.05) is 66.8 Å². The lowest BCUT2D eigenvalue weighted by Gasteiger charge is -2.37. The first-order chi connectivity index (χ1) is 18.6. The summed E-state index contributed by atoms with van der Waals surface area (Å²) in [6.45, 7) is 6.59. The highest BCUT2D eigenvalue weighted by molar-refractivity contribution is 5.95. The van der Waals surface area contributed by atoms with Crippen LogP contribution in [0.3, 0.4) is 0 Å². The van der Waals surface area contributed by atoms with Gasteiger partial charge < -0.3 is 29.5 Å². The standard InChI is InChI=1S/C29H33N7O2/c1-19-30-9-11-34(19)12-13-38-29-32-26-18-35(27-15-23(37)14-20-4-2-3-5-24(20)27)10-8-25(26)28(33-29)36-16-21-6-7-22(17-36)31-21/h2-5,9,11,14-15,21-22,31,37H,6-8,10,12-13,16-18H2,1H3. The van der Waals surface area contributed by atoms with Gasteiger partial charge in [0.2, 0.25) is 0 Å². The molecule has 0 aliphatic carbocycles. The molecule has 0 radical (unpaired) electrons. The molecule has 3 aliphatic rings. The van der Waals surface area contributed by atoms with Crippen LogP contribution >= 0.6 is 0 Å². The molecule has 4 aromatic rings. The van der Waals surface area contributed by atoms with E-state index in [1.807, 2.05) is 43.5 Å². The lowest BCUT2D eigenvalue weighted by molar-refractivity contribution is 0.273. The van der Waals surface area contributed by atoms with Crippen molar-refractivity contribution in [1.82, 2.24) is 24.8 Å². The molecule has 2 fully saturated rings. The minimum absolute atomic E-state index is 0.281. The zero-order valence-electron chi connectivity index (χ0n) is 21.7. The molecule has 0 saturated carbocycles. The number of nitrogens with one attached hydrogen (secondary N) is 1. The number of phenols is 1. The molecule has 9 nitrogen and oxygen atoms in total. The number of aromatic hydroxyl groups is 1. The van der Waals surface area contributed by atoms with Crippen molar-refractivity contribution in [2.75, 3.05) is 36.0 Å². The van der Waals surface area contributed by atoms with Crippen LogP contribution < -0.4 is 19.9 Å². The maximum Gasteiger partial charge on any atom is 0.318 e. The van der Waals surface area contributed by atoms with Gasteiger partial charge in [0.05, 0.1) is 18.8 Å². The van der Waals surface area contributed by atoms with Crippen LogP contribution in [0.15, 0.2) is 48.8 Å². The second-order valence-corrected chi connectivity index (χ2v) is 10.7. The minimum atomic E-state index is 0.281. The fourth-order valence-corrected chi connectivity index (χ4v) is 6.30. The van der Waals surface area contributed by atoms with Gasteiger partial charge in [0.15, 0.2) is 0 Å². The number of fused-ring (bicyclic) bond motifs is 4. The van der Waals surface area contributed by atoms with Gasteiger partial charge in [-0.3, -0.25) is 0 Å². The number of aryl methyl sites for hydroxylation is 1. The molecule has 2 unspecified atom stereocenters. The van der Waals surface area contributed by atoms with E-state index in [2.05, 4.69) is 30.7 Å². The summed E-state index contributed by atoms with van der Waals surface area (Å²) in [5.41, 5.74) is 3.27. The van der Waals surface area contributed by atoms with Crippen LogP contribution in [0.1, 0.15) is 29.9 Å². The summed E-state index contributed by atoms with van der Waals surface area (Å²) < 4.78 is 8.23. The van der Waals surface area contributed by atoms with Crippen LogP contribution in [0.5, 0.6) is 11.8 Å². The maximum absolute atomic E-state index is 10.5. The summed E-state index contributed by atoms with van der Waals surface area (Å²) >= 11 is 0. The third-order valence-electron chi connectivity index (χ3n) is 8.19. The smallest absolute Gasteiger partial charge is 0.318 e. The highest BCUT2D eigenvalue weighted by atomic mass is 16.5. The Bertz CT molecular complexity index is 1470. The van der Waals surface area contributed by atoms with Gasteiger partial charge in [-0.15, -0.1) is 0 Å². The molecule has 3 aliphatic heterocycles. The monoisotopic (exact) mass is 511 g/mol. The van der Waals surface area contributed by atoms with E-state index < -0.39 is 0 Å². The van der Waals surface area contributed by atoms with Gasteiger partial charge in [-0.25, -0.2) is 4.98 Å². The molecule has 0 spiro atoms. The van der Waals surface area contributed by atoms with Crippen molar-refractivity contribution in [1.29, 1.82) is 0 Å². The number of hydrogen-bond acceptors (Lipinski definition) is 8. The van der Waals surface area contributed by atoms with Crippen molar-refractivity contribution in [3.8, 4) is 11.8 Å². The number of aromatic nitrogens is 4. The molecule has 2 saturated heterocycles. The Labute approximate surface area is 222 Å². The second-order valence-electron chi connectivity index (χ2n) is 10.7. The number of anilines is 2. The van der Waals surface area contributed by atoms with Gasteiger partial charge in [-0.05, 0) is 37.6 Å². The SMILES string of the molecule is Cc1nccn1CCOc1nc2c(c(N3CC4CCC(C3)N4)n1)CCN(c1cc(O)cc3ccccc13)C2. The maximum atomic E-state index is 10.5. The Kier molecular flexibility index (Phi) is 5.80. The topological polar surface area (TPSA) is 91.6 Å². The predicted molar refractivity (Wildman–Crippen MR) is 147 cm³/mol. The van der Waals surface area contributed by atoms with Crippen molar-refractivity contribution in [2.45, 2.75) is 51.4 Å². The molecule has 2 bridgehead atoms. The molecule has 38 heavy (non-hydrogen) atoms. The Morgan fingerprint density at radius 3 is 2.74 bits per heavy atom. The van der Waals surface area contributed by atoms with Gasteiger partial charge in [0.25, 0.3) is 0 Å². The van der Waals surface area contributed by atoms with Gasteiger partial charge in [-0.1, -0.05) is 24.3 Å². The van der Waals surface area contributed by atoms with E-state index in [0.29, 0.717) is 37.8 Å². The number of benzene rings is 2. The van der Waals surface area contributed by atoms with Crippen molar-refractivity contribution >= 4 is 22.3 Å². The first-order valence-electron chi connectivity index (χ1n) is 13.6. The number of phenolic OH excluding ortho intramolecular Hbond substituents is 1. The number of hydrogen-bond donors (Lipinski definition) is 2. The van der Waals surface area contributed by atoms with Crippen molar-refractivity contribution in [3.05, 3.63) is 65.9 Å². The molecular weight excluding hydrogens is 478 g/mol. The predicted octanol–water partition coefficient (Wildman–Crippen LogP) is 3.42. The number of ether oxygens (including phenoxy) is 1. The van der Waals surface area contributed by atoms with Crippen LogP contribution in [0.4, 0.5) is 11.5 Å². The first kappa shape index (κ1) is 23.3. The van der Waals surface area contributed by atoms with E-state index in [4.69, 9.17) is 14.7 Å². The lowest BCUT2D eigenvalue weighted by Crippen LogP contribution is -2.52. The van der Waals surface area contributed by atoms with E-state index in [9.17, 15) is 5.11 Å². The van der Waals surface area contributed by atoms with Crippen LogP contribution in [0, 0.1) is 6.92 Å². The Morgan fingerprint density at radius 2 is 1.92 bits per heavy atom. The summed E-state index contributed by atoms with van der Waals surface area (Å²) in [4.78, 5) is 19.0. The van der Waals surface area contributed by atoms with Gasteiger partial charge in [0.1, 0.15) is 24.0 Å². The largest absolute Gasteiger partial charge is 0.508 e. The molecule has 2 N–H and O–H groups in total. The molecule has 7 rings (SSSR count). The number of imidazole rings is 1. The summed E-state index contributed by atoms with van der Waals surface area (Å²) in [7, 11) is 0. The van der Waals surface area contributed by atoms with E-state index in [1.54, 1.807) is 6.20 Å². The molecule has 5 heterocycles. The lowest BCUT2D eigenvalue weighted by atomic mass is 10.0. The zero-order valence-corrected chi connectivity index (χ0v) is 21.7. The minimum Gasteiger partial charge on any atom is -0.508 e. The molecule has 9 heteroatoms. The van der Waals surface area contributed by atoms with E-state index >= 15 is 0 Å². The summed E-state index contributed by atoms with van der Waals surface area (Å²) in [6, 6.07) is 13.4. The van der Waals surface area contributed by atoms with Crippen molar-refractivity contribution in [2.24, 2.45) is 0 Å². The van der Waals surface area contributed by atoms with Crippen LogP contribution in [-0.2, 0) is 19.5 Å². The quantitative estimate of drug-likeness (QED) is 0.407. The molecule has 2 aromatic heterocycles. The normalized spacial score (nSPS) is 20.7. The van der Waals surface area contributed by atoms with Crippen LogP contribution in [0.2, 0.25) is 0 Å². The fourth-order valence-electron chi connectivity index (χ4n) is 6.30. The van der Waals surface area contributed by atoms with E-state index in [1.165, 1.54) is 18.4 Å². The Morgan fingerprint density at radius 1 is 1.08 bits per heavy atom. The first-order valence-corrected chi connectivity index (χ1v) is 13.6. The highest BCUT2D eigenvalue weighted by Gasteiger charge is 2.35. The molecule has 2 atom stereocenters. The van der Waals surface area contributed by atoms with E-state index in [0.717, 1.165) is 59.9 Å². The number of piperazine rings is 1. The molecule has 2 aromatic carbocycles. The third-order valence-corrected chi connectivity index (χ3v) is 8.19. The van der Waals surface area contributed by atoms with Gasteiger partial charge in [-0.2, -0.15) is 9.97 Å². The van der Waals surface area contributed by atoms with Crippen molar-refractivity contribution in [3.63, 3.8) is 0 Å². The van der Waals surface area contributed by atoms with Crippen LogP contribution in [0.25, 0.3) is 10.8 Å². The number of rotatable bonds is 6. The summed E-state index contributed by atoms with van der Waals surface area (Å²) in [6.07, 6.45) is 7.07. The summed E-state index contributed by atoms with van der Waals surface area (Å²) in [5.74, 6) is 2.27. The Hall–Kier alpha value is -3.85. The zero-order chi connectivity index (χ0) is 25.6. The highest BCUT2D eigenvalue weighted by Crippen LogP contribution is 2.37. The second kappa shape index (κ2) is 9.47.